The Labute approximate surface area is 187 Å². The Bertz CT molecular complexity index is 984. The number of halogens is 1. The molecule has 0 radical (unpaired) electrons. The zero-order chi connectivity index (χ0) is 22.7. The van der Waals surface area contributed by atoms with Crippen molar-refractivity contribution in [2.24, 2.45) is 5.73 Å². The molecule has 0 saturated carbocycles. The summed E-state index contributed by atoms with van der Waals surface area (Å²) in [5.41, 5.74) is 6.79. The number of carbonyl (C=O) groups excluding carboxylic acids is 1. The van der Waals surface area contributed by atoms with Crippen LogP contribution in [-0.2, 0) is 31.7 Å². The van der Waals surface area contributed by atoms with Crippen molar-refractivity contribution in [1.82, 2.24) is 5.32 Å². The summed E-state index contributed by atoms with van der Waals surface area (Å²) in [7, 11) is -3.61. The fourth-order valence-electron chi connectivity index (χ4n) is 2.75. The number of rotatable bonds is 13. The van der Waals surface area contributed by atoms with Crippen LogP contribution in [0.5, 0.6) is 0 Å². The molecule has 0 aromatic heterocycles. The molecule has 2 aromatic rings. The lowest BCUT2D eigenvalue weighted by Gasteiger charge is -2.11. The van der Waals surface area contributed by atoms with Gasteiger partial charge in [0.05, 0.1) is 24.6 Å². The van der Waals surface area contributed by atoms with E-state index in [9.17, 15) is 13.2 Å². The molecule has 31 heavy (non-hydrogen) atoms. The van der Waals surface area contributed by atoms with Gasteiger partial charge >= 0.3 is 0 Å². The van der Waals surface area contributed by atoms with Gasteiger partial charge in [-0.25, -0.2) is 8.42 Å². The minimum atomic E-state index is -3.61. The van der Waals surface area contributed by atoms with E-state index in [2.05, 4.69) is 10.0 Å². The van der Waals surface area contributed by atoms with Crippen molar-refractivity contribution in [2.75, 3.05) is 24.5 Å². The Morgan fingerprint density at radius 2 is 1.87 bits per heavy atom. The summed E-state index contributed by atoms with van der Waals surface area (Å²) < 4.78 is 32.7. The number of amides is 1. The maximum atomic E-state index is 12.4. The molecular formula is C21H27ClN4O4S. The van der Waals surface area contributed by atoms with Gasteiger partial charge in [0, 0.05) is 30.3 Å². The van der Waals surface area contributed by atoms with E-state index >= 15 is 0 Å². The molecule has 8 nitrogen and oxygen atoms in total. The highest BCUT2D eigenvalue weighted by Gasteiger charge is 2.14. The molecule has 0 aliphatic rings. The van der Waals surface area contributed by atoms with Gasteiger partial charge in [0.25, 0.3) is 0 Å². The third kappa shape index (κ3) is 9.82. The zero-order valence-electron chi connectivity index (χ0n) is 17.1. The molecule has 0 unspecified atom stereocenters. The number of carbonyl (C=O) groups is 1. The Morgan fingerprint density at radius 3 is 2.58 bits per heavy atom. The van der Waals surface area contributed by atoms with Gasteiger partial charge in [-0.3, -0.25) is 14.9 Å². The number of benzene rings is 2. The second kappa shape index (κ2) is 12.3. The fraction of sp³-hybridized carbons (Fsp3) is 0.333. The van der Waals surface area contributed by atoms with Crippen LogP contribution in [0.25, 0.3) is 0 Å². The van der Waals surface area contributed by atoms with Gasteiger partial charge in [0.15, 0.2) is 0 Å². The first-order valence-corrected chi connectivity index (χ1v) is 11.8. The summed E-state index contributed by atoms with van der Waals surface area (Å²) >= 11 is 6.18. The number of amidine groups is 1. The highest BCUT2D eigenvalue weighted by atomic mass is 35.5. The van der Waals surface area contributed by atoms with E-state index in [1.165, 1.54) is 0 Å². The summed E-state index contributed by atoms with van der Waals surface area (Å²) in [6.07, 6.45) is 1.15. The van der Waals surface area contributed by atoms with E-state index in [1.807, 2.05) is 6.07 Å². The Balaban J connectivity index is 1.83. The fourth-order valence-corrected chi connectivity index (χ4v) is 4.12. The van der Waals surface area contributed by atoms with Crippen LogP contribution in [0.1, 0.15) is 24.0 Å². The van der Waals surface area contributed by atoms with Crippen LogP contribution < -0.4 is 15.8 Å². The molecular weight excluding hydrogens is 440 g/mol. The molecule has 168 valence electrons. The lowest BCUT2D eigenvalue weighted by molar-refractivity contribution is -0.120. The summed E-state index contributed by atoms with van der Waals surface area (Å²) in [5.74, 6) is -0.282. The third-order valence-electron chi connectivity index (χ3n) is 4.17. The molecule has 5 N–H and O–H groups in total. The van der Waals surface area contributed by atoms with Crippen molar-refractivity contribution in [2.45, 2.75) is 25.0 Å². The van der Waals surface area contributed by atoms with Gasteiger partial charge in [-0.05, 0) is 35.7 Å². The molecule has 1 amide bonds. The van der Waals surface area contributed by atoms with Crippen molar-refractivity contribution in [1.29, 1.82) is 5.41 Å². The van der Waals surface area contributed by atoms with E-state index in [-0.39, 0.29) is 23.9 Å². The summed E-state index contributed by atoms with van der Waals surface area (Å²) in [4.78, 5) is 12.2. The number of nitrogens with two attached hydrogens (primary N) is 1. The summed E-state index contributed by atoms with van der Waals surface area (Å²) in [6.45, 7) is 1.14. The quantitative estimate of drug-likeness (QED) is 0.204. The SMILES string of the molecule is N=C(N)CCCOCCNC(=O)Cc1cc(NS(=O)(=O)Cc2ccccc2)ccc1Cl. The van der Waals surface area contributed by atoms with E-state index in [1.54, 1.807) is 42.5 Å². The number of anilines is 1. The van der Waals surface area contributed by atoms with Gasteiger partial charge in [-0.1, -0.05) is 41.9 Å². The smallest absolute Gasteiger partial charge is 0.236 e. The van der Waals surface area contributed by atoms with Crippen LogP contribution in [0.3, 0.4) is 0 Å². The van der Waals surface area contributed by atoms with E-state index in [0.717, 1.165) is 0 Å². The number of sulfonamides is 1. The Hall–Kier alpha value is -2.62. The summed E-state index contributed by atoms with van der Waals surface area (Å²) in [6, 6.07) is 13.5. The van der Waals surface area contributed by atoms with Crippen molar-refractivity contribution in [3.05, 3.63) is 64.7 Å². The standard InChI is InChI=1S/C21H27ClN4O4S/c22-19-9-8-18(26-31(28,29)15-16-5-2-1-3-6-16)13-17(19)14-21(27)25-10-12-30-11-4-7-20(23)24/h1-3,5-6,8-9,13,26H,4,7,10-12,14-15H2,(H3,23,24)(H,25,27). The largest absolute Gasteiger partial charge is 0.388 e. The van der Waals surface area contributed by atoms with Crippen molar-refractivity contribution in [3.63, 3.8) is 0 Å². The van der Waals surface area contributed by atoms with Gasteiger partial charge in [0.2, 0.25) is 15.9 Å². The average Bonchev–Trinajstić information content (AvgIpc) is 2.69. The maximum Gasteiger partial charge on any atom is 0.236 e. The molecule has 0 saturated heterocycles. The minimum absolute atomic E-state index is 0.0113. The van der Waals surface area contributed by atoms with Crippen molar-refractivity contribution < 1.29 is 17.9 Å². The molecule has 0 aliphatic heterocycles. The second-order valence-electron chi connectivity index (χ2n) is 6.92. The molecule has 0 atom stereocenters. The first-order valence-electron chi connectivity index (χ1n) is 9.75. The van der Waals surface area contributed by atoms with Crippen LogP contribution in [0, 0.1) is 5.41 Å². The molecule has 0 heterocycles. The lowest BCUT2D eigenvalue weighted by atomic mass is 10.1. The number of hydrogen-bond acceptors (Lipinski definition) is 5. The zero-order valence-corrected chi connectivity index (χ0v) is 18.6. The van der Waals surface area contributed by atoms with Crippen molar-refractivity contribution in [3.8, 4) is 0 Å². The molecule has 2 rings (SSSR count). The topological polar surface area (TPSA) is 134 Å². The Kier molecular flexibility index (Phi) is 9.77. The van der Waals surface area contributed by atoms with E-state index < -0.39 is 10.0 Å². The summed E-state index contributed by atoms with van der Waals surface area (Å²) in [5, 5.41) is 10.2. The molecule has 0 bridgehead atoms. The van der Waals surface area contributed by atoms with Crippen LogP contribution in [-0.4, -0.2) is 39.9 Å². The highest BCUT2D eigenvalue weighted by Crippen LogP contribution is 2.22. The first-order chi connectivity index (χ1) is 14.7. The normalized spacial score (nSPS) is 11.1. The molecule has 0 aliphatic carbocycles. The highest BCUT2D eigenvalue weighted by molar-refractivity contribution is 7.91. The first kappa shape index (κ1) is 24.6. The third-order valence-corrected chi connectivity index (χ3v) is 5.80. The van der Waals surface area contributed by atoms with Crippen LogP contribution in [0.2, 0.25) is 5.02 Å². The predicted octanol–water partition coefficient (Wildman–Crippen LogP) is 2.67. The maximum absolute atomic E-state index is 12.4. The number of ether oxygens (including phenoxy) is 1. The Morgan fingerprint density at radius 1 is 1.13 bits per heavy atom. The molecule has 0 spiro atoms. The number of hydrogen-bond donors (Lipinski definition) is 4. The molecule has 2 aromatic carbocycles. The predicted molar refractivity (Wildman–Crippen MR) is 123 cm³/mol. The van der Waals surface area contributed by atoms with Crippen LogP contribution in [0.4, 0.5) is 5.69 Å². The van der Waals surface area contributed by atoms with Crippen LogP contribution in [0.15, 0.2) is 48.5 Å². The minimum Gasteiger partial charge on any atom is -0.388 e. The van der Waals surface area contributed by atoms with Gasteiger partial charge < -0.3 is 15.8 Å². The van der Waals surface area contributed by atoms with Crippen LogP contribution >= 0.6 is 11.6 Å². The van der Waals surface area contributed by atoms with Gasteiger partial charge in [-0.2, -0.15) is 0 Å². The van der Waals surface area contributed by atoms with Gasteiger partial charge in [-0.15, -0.1) is 0 Å². The lowest BCUT2D eigenvalue weighted by Crippen LogP contribution is -2.29. The van der Waals surface area contributed by atoms with Gasteiger partial charge in [0.1, 0.15) is 0 Å². The molecule has 10 heteroatoms. The monoisotopic (exact) mass is 466 g/mol. The molecule has 0 fully saturated rings. The number of nitrogens with one attached hydrogen (secondary N) is 3. The van der Waals surface area contributed by atoms with E-state index in [4.69, 9.17) is 27.5 Å². The second-order valence-corrected chi connectivity index (χ2v) is 9.05. The van der Waals surface area contributed by atoms with Crippen molar-refractivity contribution >= 4 is 39.1 Å². The van der Waals surface area contributed by atoms with E-state index in [0.29, 0.717) is 54.4 Å². The average molecular weight is 467 g/mol.